The summed E-state index contributed by atoms with van der Waals surface area (Å²) in [4.78, 5) is 67.5. The van der Waals surface area contributed by atoms with Crippen molar-refractivity contribution in [2.75, 3.05) is 157 Å². The van der Waals surface area contributed by atoms with Gasteiger partial charge in [0.25, 0.3) is 0 Å². The molecule has 7 unspecified atom stereocenters. The van der Waals surface area contributed by atoms with Crippen LogP contribution >= 0.6 is 0 Å². The summed E-state index contributed by atoms with van der Waals surface area (Å²) >= 11 is 0. The zero-order valence-corrected chi connectivity index (χ0v) is 94.3. The molecule has 0 bridgehead atoms. The van der Waals surface area contributed by atoms with E-state index in [1.165, 1.54) is 121 Å². The Balaban J connectivity index is -0.000000200. The minimum Gasteiger partial charge on any atom is -0.793 e. The van der Waals surface area contributed by atoms with E-state index in [-0.39, 0.29) is 68.1 Å². The van der Waals surface area contributed by atoms with E-state index in [4.69, 9.17) is 75.5 Å². The number of nitrogens with one attached hydrogen (secondary N) is 8. The number of carbonyl (C=O) groups excluding carboxylic acids is 4. The van der Waals surface area contributed by atoms with Gasteiger partial charge in [-0.15, -0.1) is 0 Å². The molecule has 0 heterocycles. The number of aldehydes is 1. The van der Waals surface area contributed by atoms with E-state index in [1.54, 1.807) is 54.7 Å². The molecule has 45 heteroatoms. The quantitative estimate of drug-likeness (QED) is 0.0148. The van der Waals surface area contributed by atoms with Crippen molar-refractivity contribution in [2.45, 2.75) is 335 Å². The average molecular weight is 2010 g/mol. The number of rotatable bonds is 73. The largest absolute Gasteiger partial charge is 1.00 e. The molecule has 7 atom stereocenters. The van der Waals surface area contributed by atoms with Gasteiger partial charge < -0.3 is 150 Å². The molecule has 817 valence electrons. The third-order valence-corrected chi connectivity index (χ3v) is 21.0. The second kappa shape index (κ2) is 120. The molecule has 1 aliphatic carbocycles. The summed E-state index contributed by atoms with van der Waals surface area (Å²) in [5.41, 5.74) is 41.9. The van der Waals surface area contributed by atoms with Crippen molar-refractivity contribution in [1.82, 2.24) is 61.5 Å². The number of nitrogens with two attached hydrogens (primary N) is 7. The molecule has 31 N–H and O–H groups in total. The Hall–Kier alpha value is -3.57. The van der Waals surface area contributed by atoms with E-state index < -0.39 is 59.1 Å². The molecule has 0 aromatic heterocycles. The maximum atomic E-state index is 10.4. The first-order valence-corrected chi connectivity index (χ1v) is 52.8. The minimum atomic E-state index is -0.733. The van der Waals surface area contributed by atoms with Crippen molar-refractivity contribution in [2.24, 2.45) is 63.8 Å². The zero-order chi connectivity index (χ0) is 108. The van der Waals surface area contributed by atoms with E-state index >= 15 is 0 Å². The third-order valence-electron chi connectivity index (χ3n) is 21.0. The number of aliphatic hydroxyl groups is 1. The monoisotopic (exact) mass is 2010 g/mol. The van der Waals surface area contributed by atoms with Crippen molar-refractivity contribution in [3.05, 3.63) is 71.8 Å². The molecule has 0 saturated heterocycles. The summed E-state index contributed by atoms with van der Waals surface area (Å²) in [6.07, 6.45) is 32.7. The van der Waals surface area contributed by atoms with Gasteiger partial charge in [-0.05, 0) is 265 Å². The van der Waals surface area contributed by atoms with Gasteiger partial charge >= 0.3 is 96.8 Å². The van der Waals surface area contributed by atoms with Crippen LogP contribution in [-0.4, -0.2) is 328 Å². The van der Waals surface area contributed by atoms with E-state index in [1.807, 2.05) is 50.2 Å². The smallest absolute Gasteiger partial charge is 0.793 e. The number of hydrogen-bond donors (Lipinski definition) is 24. The van der Waals surface area contributed by atoms with E-state index in [9.17, 15) is 34.0 Å². The fourth-order valence-corrected chi connectivity index (χ4v) is 13.2. The van der Waals surface area contributed by atoms with Gasteiger partial charge in [-0.25, -0.2) is 19.4 Å². The predicted molar refractivity (Wildman–Crippen MR) is 593 cm³/mol. The topological polar surface area (TPSA) is 586 Å². The molecule has 0 amide bonds. The maximum absolute atomic E-state index is 10.4. The molecule has 2 aromatic rings. The average Bonchev–Trinajstić information content (AvgIpc) is 1.34. The molecule has 0 aliphatic heterocycles. The Labute approximate surface area is 884 Å². The van der Waals surface area contributed by atoms with Gasteiger partial charge in [-0.3, -0.25) is 24.3 Å². The normalized spacial score (nSPS) is 12.2. The summed E-state index contributed by atoms with van der Waals surface area (Å²) in [7, 11) is 1.39. The van der Waals surface area contributed by atoms with Gasteiger partial charge in [-0.2, -0.15) is 0 Å². The SMILES string of the molecule is C1CC1.CB(O)NCCCCC(C)C(=O)O.CB(O)NCCCCC(C)C=O.CB(O)NCCCCC(C)CNCc1ccccc1.CB(O)NCCCCC(C)CO.CB(O)NCCCCC(CN(CCN)CCN)N(CCN)CCN.CB(O)NCCCCC(N)CN.CC(=O)OOC(C)=O.CCCN(CCC)CC(CCCCNB(C)O)N(CCC)CCC.NCc1ccccc1.[B-]OC(C)=O.[Na+]. The first kappa shape index (κ1) is 155. The van der Waals surface area contributed by atoms with Gasteiger partial charge in [0.15, 0.2) is 0 Å². The Bertz CT molecular complexity index is 2750. The van der Waals surface area contributed by atoms with Gasteiger partial charge in [0, 0.05) is 137 Å². The van der Waals surface area contributed by atoms with Crippen LogP contribution in [0.15, 0.2) is 60.7 Å². The van der Waals surface area contributed by atoms with Crippen LogP contribution in [-0.2, 0) is 51.5 Å². The fourth-order valence-electron chi connectivity index (χ4n) is 13.2. The van der Waals surface area contributed by atoms with Crippen molar-refractivity contribution >= 4 is 87.6 Å². The number of hydrogen-bond acceptors (Lipinski definition) is 35. The number of unbranched alkanes of at least 4 members (excludes halogenated alkanes) is 7. The molecular weight excluding hydrogens is 1800 g/mol. The van der Waals surface area contributed by atoms with Gasteiger partial charge in [-0.1, -0.05) is 180 Å². The summed E-state index contributed by atoms with van der Waals surface area (Å²) in [6, 6.07) is 21.7. The van der Waals surface area contributed by atoms with Crippen LogP contribution in [0.2, 0.25) is 47.8 Å². The number of carbonyl (C=O) groups is 5. The Morgan fingerprint density at radius 3 is 0.993 bits per heavy atom. The van der Waals surface area contributed by atoms with Crippen LogP contribution in [0.1, 0.15) is 267 Å². The summed E-state index contributed by atoms with van der Waals surface area (Å²) in [5.74, 6) is -1.44. The minimum absolute atomic E-state index is 0. The standard InChI is InChI=1S/C19H44BN3O.C15H40BN7O.C15H27BN2O.C8H18BNO3.C8H20BNO2.C8H18BNO2.C7H20BN3O.C7H9N.C4H6O4.C3H6.C2H3BO2.Na/c1-6-14-22(15-7-2)18-19(23(16-8-3)17-9-4)12-10-11-13-21-20(5)24;1-16(24)21-9-3-2-4-15(23(12-7-19)13-8-20)14-22(10-5-17)11-6-18;1-14(8-6-7-11-18-16(2)19)12-17-13-15-9-4-3-5-10-15;1-7(8(11)12)5-3-4-6-10-9(2)13;2*1-8(7-11)5-3-4-6-10-9(2)12;1-8(12)11-5-3-2-4-7(10)6-9;8-6-7-4-2-1-3-5-7;1-3(5)7-8-4(2)6;1-2-3-1;1-2(4)5-3;/h19,21,24H,6-18H2,1-5H3;15,21,24H,2-14,17-20H2,1H3;3-5,9-10,14,17-19H,6-8,11-13H2,1-2H3;7,10,13H,3-6H2,1-2H3,(H,11,12);8,10-12H,3-7H2,1-2H3;7-8,10,12H,3-6H2,1-2H3;7,11-12H,2-6,9-10H2,1H3;1-5H,6,8H2;1-2H3;1-3H2;1H3;/q;;;;;;;;;;-1;+1. The van der Waals surface area contributed by atoms with Crippen LogP contribution in [0.25, 0.3) is 0 Å². The molecule has 141 heavy (non-hydrogen) atoms. The number of carboxylic acids is 1. The molecular formula is C96H211B8N19NaO17. The number of nitrogens with zero attached hydrogens (tertiary/aromatic N) is 4. The molecule has 3 rings (SSSR count). The van der Waals surface area contributed by atoms with E-state index in [2.05, 4.69) is 143 Å². The first-order chi connectivity index (χ1) is 66.7. The third kappa shape index (κ3) is 136. The van der Waals surface area contributed by atoms with Crippen molar-refractivity contribution in [1.29, 1.82) is 0 Å². The number of aliphatic carboxylic acids is 1. The van der Waals surface area contributed by atoms with Crippen molar-refractivity contribution in [3.63, 3.8) is 0 Å². The molecule has 2 aromatic carbocycles. The van der Waals surface area contributed by atoms with Crippen LogP contribution in [0.4, 0.5) is 0 Å². The number of benzene rings is 2. The summed E-state index contributed by atoms with van der Waals surface area (Å²) in [6.45, 7) is 55.2. The molecule has 3 radical (unpaired) electrons. The Morgan fingerprint density at radius 1 is 0.426 bits per heavy atom. The summed E-state index contributed by atoms with van der Waals surface area (Å²) < 4.78 is 3.61. The fraction of sp³-hybridized carbons (Fsp3) is 0.823. The molecule has 0 spiro atoms. The van der Waals surface area contributed by atoms with Crippen LogP contribution in [0, 0.1) is 23.7 Å². The van der Waals surface area contributed by atoms with Gasteiger partial charge in [0.05, 0.1) is 5.92 Å². The predicted octanol–water partition coefficient (Wildman–Crippen LogP) is 3.29. The molecule has 36 nitrogen and oxygen atoms in total. The van der Waals surface area contributed by atoms with Gasteiger partial charge in [0.1, 0.15) is 6.29 Å². The second-order valence-corrected chi connectivity index (χ2v) is 36.4. The van der Waals surface area contributed by atoms with Crippen LogP contribution in [0.5, 0.6) is 0 Å². The molecule has 1 fully saturated rings. The van der Waals surface area contributed by atoms with Crippen LogP contribution in [0.3, 0.4) is 0 Å². The van der Waals surface area contributed by atoms with E-state index in [0.29, 0.717) is 69.6 Å². The summed E-state index contributed by atoms with van der Waals surface area (Å²) in [5, 5.41) is 105. The van der Waals surface area contributed by atoms with Crippen molar-refractivity contribution < 1.29 is 113 Å². The zero-order valence-electron chi connectivity index (χ0n) is 92.3. The maximum Gasteiger partial charge on any atom is 1.00 e. The van der Waals surface area contributed by atoms with Crippen molar-refractivity contribution in [3.8, 4) is 0 Å². The number of carboxylic acid groups (broad SMARTS) is 1. The van der Waals surface area contributed by atoms with Gasteiger partial charge in [0.2, 0.25) is 5.97 Å². The molecule has 1 saturated carbocycles. The Kier molecular flexibility index (Phi) is 132. The number of aliphatic hydroxyl groups excluding tert-OH is 1. The second-order valence-electron chi connectivity index (χ2n) is 36.4. The molecule has 1 aliphatic rings. The first-order valence-electron chi connectivity index (χ1n) is 52.8. The Morgan fingerprint density at radius 2 is 0.723 bits per heavy atom. The van der Waals surface area contributed by atoms with E-state index in [0.717, 1.165) is 214 Å². The van der Waals surface area contributed by atoms with Crippen LogP contribution < -0.4 is 112 Å².